The molecule has 0 spiro atoms. The number of nitrogens with one attached hydrogen (secondary N) is 1. The Morgan fingerprint density at radius 2 is 0.831 bits per heavy atom. The predicted octanol–water partition coefficient (Wildman–Crippen LogP) is 5.15. The van der Waals surface area contributed by atoms with Gasteiger partial charge in [-0.1, -0.05) is 192 Å². The highest BCUT2D eigenvalue weighted by molar-refractivity contribution is 5.76. The smallest absolute Gasteiger partial charge is 0.220 e. The van der Waals surface area contributed by atoms with E-state index in [1.807, 2.05) is 6.08 Å². The van der Waals surface area contributed by atoms with Gasteiger partial charge in [-0.15, -0.1) is 0 Å². The van der Waals surface area contributed by atoms with Crippen LogP contribution >= 0.6 is 0 Å². The second-order valence-corrected chi connectivity index (χ2v) is 21.8. The number of rotatable bonds is 44. The monoisotopic (exact) mass is 1110 g/mol. The van der Waals surface area contributed by atoms with E-state index < -0.39 is 124 Å². The van der Waals surface area contributed by atoms with Gasteiger partial charge in [0.2, 0.25) is 5.91 Å². The number of carbonyl (C=O) groups excluding carboxylic acids is 1. The van der Waals surface area contributed by atoms with E-state index in [9.17, 15) is 61.0 Å². The first kappa shape index (κ1) is 69.5. The van der Waals surface area contributed by atoms with Gasteiger partial charge in [0.1, 0.15) is 73.2 Å². The molecule has 3 fully saturated rings. The van der Waals surface area contributed by atoms with Gasteiger partial charge in [-0.05, 0) is 32.1 Å². The Kier molecular flexibility index (Phi) is 38.1. The van der Waals surface area contributed by atoms with Crippen LogP contribution in [0, 0.1) is 0 Å². The van der Waals surface area contributed by atoms with E-state index in [1.54, 1.807) is 6.08 Å². The van der Waals surface area contributed by atoms with Crippen molar-refractivity contribution < 1.29 is 89.4 Å². The van der Waals surface area contributed by atoms with Crippen molar-refractivity contribution in [2.75, 3.05) is 26.4 Å². The molecule has 3 saturated heterocycles. The van der Waals surface area contributed by atoms with Crippen LogP contribution in [-0.2, 0) is 33.2 Å². The summed E-state index contributed by atoms with van der Waals surface area (Å²) in [4.78, 5) is 13.3. The maximum Gasteiger partial charge on any atom is 0.220 e. The van der Waals surface area contributed by atoms with Crippen LogP contribution in [0.3, 0.4) is 0 Å². The Morgan fingerprint density at radius 1 is 0.455 bits per heavy atom. The Labute approximate surface area is 460 Å². The summed E-state index contributed by atoms with van der Waals surface area (Å²) < 4.78 is 34.2. The van der Waals surface area contributed by atoms with Crippen LogP contribution in [0.4, 0.5) is 0 Å². The second kappa shape index (κ2) is 42.1. The second-order valence-electron chi connectivity index (χ2n) is 21.8. The lowest BCUT2D eigenvalue weighted by atomic mass is 9.96. The molecule has 17 atom stereocenters. The molecule has 17 unspecified atom stereocenters. The zero-order chi connectivity index (χ0) is 56.2. The van der Waals surface area contributed by atoms with Crippen molar-refractivity contribution in [1.29, 1.82) is 0 Å². The average molecular weight is 1110 g/mol. The Morgan fingerprint density at radius 3 is 1.30 bits per heavy atom. The summed E-state index contributed by atoms with van der Waals surface area (Å²) in [6.45, 7) is 1.70. The summed E-state index contributed by atoms with van der Waals surface area (Å²) >= 11 is 0. The number of hydrogen-bond acceptors (Lipinski definition) is 18. The van der Waals surface area contributed by atoms with Gasteiger partial charge in [-0.2, -0.15) is 0 Å². The van der Waals surface area contributed by atoms with Crippen molar-refractivity contribution >= 4 is 5.91 Å². The van der Waals surface area contributed by atoms with Crippen LogP contribution in [0.1, 0.15) is 206 Å². The quantitative estimate of drug-likeness (QED) is 0.0277. The SMILES string of the molecule is CCCCCCCCCCCCCCCC/C=C/CC/C=C/C(O)C(COC1OC(CO)C(OC2OC(CO)C(OC3OC(CO)C(O)C(O)C3O)C(O)C2O)C(O)C1O)NC(=O)CCCCCCCCCCCCCC. The fraction of sp³-hybridized carbons (Fsp3) is 0.914. The van der Waals surface area contributed by atoms with Crippen molar-refractivity contribution in [3.05, 3.63) is 24.3 Å². The first-order valence-electron chi connectivity index (χ1n) is 30.1. The molecule has 452 valence electrons. The molecule has 3 rings (SSSR count). The first-order valence-corrected chi connectivity index (χ1v) is 30.1. The standard InChI is InChI=1S/C58H107NO18/c1-3-5-7-9-11-13-15-17-18-19-20-21-22-23-24-25-27-29-31-33-35-42(63)41(59-46(64)36-34-32-30-28-26-16-14-12-10-8-6-4-2)40-72-56-52(70)49(67)54(44(38-61)74-56)77-58-53(71)50(68)55(45(39-62)75-58)76-57-51(69)48(66)47(65)43(37-60)73-57/h25,27,33,35,41-45,47-58,60-63,65-71H,3-24,26,28-32,34,36-40H2,1-2H3,(H,59,64)/b27-25+,35-33+. The fourth-order valence-corrected chi connectivity index (χ4v) is 10.3. The number of unbranched alkanes of at least 4 members (excludes halogenated alkanes) is 26. The van der Waals surface area contributed by atoms with Crippen LogP contribution < -0.4 is 5.32 Å². The minimum Gasteiger partial charge on any atom is -0.394 e. The number of amides is 1. The van der Waals surface area contributed by atoms with Crippen LogP contribution in [-0.4, -0.2) is 193 Å². The van der Waals surface area contributed by atoms with Crippen LogP contribution in [0.2, 0.25) is 0 Å². The summed E-state index contributed by atoms with van der Waals surface area (Å²) in [5.74, 6) is -0.286. The molecule has 3 heterocycles. The molecule has 1 amide bonds. The lowest BCUT2D eigenvalue weighted by Gasteiger charge is -2.48. The molecule has 0 aliphatic carbocycles. The van der Waals surface area contributed by atoms with Crippen molar-refractivity contribution in [2.45, 2.75) is 311 Å². The molecule has 0 aromatic heterocycles. The van der Waals surface area contributed by atoms with Gasteiger partial charge >= 0.3 is 0 Å². The molecule has 3 aliphatic rings. The molecule has 0 aromatic rings. The third kappa shape index (κ3) is 26.4. The van der Waals surface area contributed by atoms with Crippen molar-refractivity contribution in [1.82, 2.24) is 5.32 Å². The van der Waals surface area contributed by atoms with Gasteiger partial charge in [0.25, 0.3) is 0 Å². The van der Waals surface area contributed by atoms with Gasteiger partial charge in [-0.3, -0.25) is 4.79 Å². The molecule has 0 radical (unpaired) electrons. The minimum absolute atomic E-state index is 0.239. The molecular formula is C58H107NO18. The maximum atomic E-state index is 13.3. The van der Waals surface area contributed by atoms with E-state index in [0.717, 1.165) is 38.5 Å². The van der Waals surface area contributed by atoms with Gasteiger partial charge < -0.3 is 89.9 Å². The molecule has 19 nitrogen and oxygen atoms in total. The molecule has 19 heteroatoms. The highest BCUT2D eigenvalue weighted by Gasteiger charge is 2.53. The third-order valence-electron chi connectivity index (χ3n) is 15.3. The fourth-order valence-electron chi connectivity index (χ4n) is 10.3. The molecule has 3 aliphatic heterocycles. The zero-order valence-corrected chi connectivity index (χ0v) is 46.9. The van der Waals surface area contributed by atoms with E-state index in [1.165, 1.54) is 135 Å². The number of hydrogen-bond donors (Lipinski definition) is 12. The number of aliphatic hydroxyl groups excluding tert-OH is 11. The lowest BCUT2D eigenvalue weighted by molar-refractivity contribution is -0.379. The molecule has 0 aromatic carbocycles. The van der Waals surface area contributed by atoms with E-state index in [4.69, 9.17) is 28.4 Å². The van der Waals surface area contributed by atoms with Crippen molar-refractivity contribution in [3.63, 3.8) is 0 Å². The molecule has 0 saturated carbocycles. The van der Waals surface area contributed by atoms with Crippen LogP contribution in [0.5, 0.6) is 0 Å². The normalized spacial score (nSPS) is 30.8. The summed E-state index contributed by atoms with van der Waals surface area (Å²) in [5, 5.41) is 120. The highest BCUT2D eigenvalue weighted by Crippen LogP contribution is 2.33. The number of allylic oxidation sites excluding steroid dienone is 3. The number of aliphatic hydroxyl groups is 11. The molecule has 0 bridgehead atoms. The van der Waals surface area contributed by atoms with Crippen LogP contribution in [0.15, 0.2) is 24.3 Å². The lowest BCUT2D eigenvalue weighted by Crippen LogP contribution is -2.66. The Balaban J connectivity index is 1.51. The minimum atomic E-state index is -1.98. The zero-order valence-electron chi connectivity index (χ0n) is 46.9. The van der Waals surface area contributed by atoms with Gasteiger partial charge in [0.05, 0.1) is 38.6 Å². The topological polar surface area (TPSA) is 307 Å². The van der Waals surface area contributed by atoms with E-state index in [-0.39, 0.29) is 18.9 Å². The average Bonchev–Trinajstić information content (AvgIpc) is 3.43. The number of ether oxygens (including phenoxy) is 6. The van der Waals surface area contributed by atoms with Crippen molar-refractivity contribution in [2.24, 2.45) is 0 Å². The maximum absolute atomic E-state index is 13.3. The summed E-state index contributed by atoms with van der Waals surface area (Å²) in [6.07, 6.45) is 16.0. The van der Waals surface area contributed by atoms with Gasteiger partial charge in [0.15, 0.2) is 18.9 Å². The highest BCUT2D eigenvalue weighted by atomic mass is 16.8. The van der Waals surface area contributed by atoms with E-state index >= 15 is 0 Å². The summed E-state index contributed by atoms with van der Waals surface area (Å²) in [6, 6.07) is -0.984. The Bertz CT molecular complexity index is 1510. The van der Waals surface area contributed by atoms with E-state index in [2.05, 4.69) is 31.3 Å². The molecule has 12 N–H and O–H groups in total. The van der Waals surface area contributed by atoms with Gasteiger partial charge in [-0.25, -0.2) is 0 Å². The van der Waals surface area contributed by atoms with E-state index in [0.29, 0.717) is 12.8 Å². The van der Waals surface area contributed by atoms with Gasteiger partial charge in [0, 0.05) is 6.42 Å². The Hall–Kier alpha value is -1.73. The largest absolute Gasteiger partial charge is 0.394 e. The molecule has 77 heavy (non-hydrogen) atoms. The number of carbonyl (C=O) groups is 1. The predicted molar refractivity (Wildman–Crippen MR) is 291 cm³/mol. The third-order valence-corrected chi connectivity index (χ3v) is 15.3. The van der Waals surface area contributed by atoms with Crippen molar-refractivity contribution in [3.8, 4) is 0 Å². The first-order chi connectivity index (χ1) is 37.3. The summed E-state index contributed by atoms with van der Waals surface area (Å²) in [5.41, 5.74) is 0. The summed E-state index contributed by atoms with van der Waals surface area (Å²) in [7, 11) is 0. The molecular weight excluding hydrogens is 999 g/mol. The van der Waals surface area contributed by atoms with Crippen LogP contribution in [0.25, 0.3) is 0 Å².